The molecule has 1 aliphatic carbocycles. The lowest BCUT2D eigenvalue weighted by molar-refractivity contribution is 0.0786. The maximum absolute atomic E-state index is 13.8. The first-order valence-electron chi connectivity index (χ1n) is 11.3. The maximum Gasteiger partial charge on any atom is 0.253 e. The fraction of sp³-hybridized carbons (Fsp3) is 0.308. The highest BCUT2D eigenvalue weighted by molar-refractivity contribution is 9.11. The number of rotatable bonds is 7. The van der Waals surface area contributed by atoms with Gasteiger partial charge in [0.1, 0.15) is 4.75 Å². The molecule has 9 heteroatoms. The van der Waals surface area contributed by atoms with Crippen molar-refractivity contribution in [1.29, 1.82) is 0 Å². The van der Waals surface area contributed by atoms with Gasteiger partial charge in [-0.3, -0.25) is 4.79 Å². The molecule has 0 bridgehead atoms. The van der Waals surface area contributed by atoms with Crippen LogP contribution in [0.15, 0.2) is 71.5 Å². The van der Waals surface area contributed by atoms with Crippen molar-refractivity contribution in [3.63, 3.8) is 0 Å². The Kier molecular flexibility index (Phi) is 7.04. The number of aromatic nitrogens is 2. The largest absolute Gasteiger partial charge is 0.340 e. The fourth-order valence-electron chi connectivity index (χ4n) is 4.12. The van der Waals surface area contributed by atoms with E-state index in [0.29, 0.717) is 24.2 Å². The van der Waals surface area contributed by atoms with Crippen LogP contribution in [0.3, 0.4) is 0 Å². The van der Waals surface area contributed by atoms with Crippen LogP contribution in [0.1, 0.15) is 23.7 Å². The minimum absolute atomic E-state index is 0.0549. The number of hydrogen-bond donors (Lipinski definition) is 0. The predicted molar refractivity (Wildman–Crippen MR) is 144 cm³/mol. The summed E-state index contributed by atoms with van der Waals surface area (Å²) in [5, 5.41) is 0.733. The Labute approximate surface area is 214 Å². The van der Waals surface area contributed by atoms with Crippen molar-refractivity contribution in [1.82, 2.24) is 18.8 Å². The fourth-order valence-corrected chi connectivity index (χ4v) is 6.61. The second kappa shape index (κ2) is 9.72. The molecule has 4 rings (SSSR count). The van der Waals surface area contributed by atoms with Crippen LogP contribution in [0.2, 0.25) is 0 Å². The van der Waals surface area contributed by atoms with Gasteiger partial charge in [0.15, 0.2) is 5.65 Å². The summed E-state index contributed by atoms with van der Waals surface area (Å²) in [5.74, 6) is -0.0549. The molecule has 0 radical (unpaired) electrons. The Bertz CT molecular complexity index is 1420. The normalized spacial score (nSPS) is 18.2. The number of benzene rings is 1. The van der Waals surface area contributed by atoms with Crippen LogP contribution < -0.4 is 0 Å². The monoisotopic (exact) mass is 556 g/mol. The second-order valence-electron chi connectivity index (χ2n) is 9.27. The summed E-state index contributed by atoms with van der Waals surface area (Å²) >= 11 is 3.42. The lowest BCUT2D eigenvalue weighted by Gasteiger charge is -2.27. The van der Waals surface area contributed by atoms with Gasteiger partial charge in [0.05, 0.1) is 0 Å². The van der Waals surface area contributed by atoms with Crippen LogP contribution in [0.4, 0.5) is 0 Å². The predicted octanol–water partition coefficient (Wildman–Crippen LogP) is 4.51. The molecule has 2 heterocycles. The quantitative estimate of drug-likeness (QED) is 0.428. The van der Waals surface area contributed by atoms with Gasteiger partial charge in [-0.2, -0.15) is 0 Å². The molecular formula is C26H29BrN4O3S. The summed E-state index contributed by atoms with van der Waals surface area (Å²) in [6, 6.07) is 10.9. The minimum atomic E-state index is -3.82. The molecular weight excluding hydrogens is 528 g/mol. The van der Waals surface area contributed by atoms with Gasteiger partial charge in [-0.1, -0.05) is 40.2 Å². The van der Waals surface area contributed by atoms with E-state index >= 15 is 0 Å². The number of hydrogen-bond acceptors (Lipinski definition) is 5. The van der Waals surface area contributed by atoms with Crippen molar-refractivity contribution in [3.8, 4) is 11.1 Å². The Balaban J connectivity index is 1.72. The summed E-state index contributed by atoms with van der Waals surface area (Å²) < 4.78 is 28.5. The number of carbonyl (C=O) groups excluding carboxylic acids is 1. The number of carbonyl (C=O) groups is 1. The Hall–Kier alpha value is -2.75. The lowest BCUT2D eigenvalue weighted by Crippen LogP contribution is -2.38. The third kappa shape index (κ3) is 4.85. The maximum atomic E-state index is 13.8. The molecule has 7 nitrogen and oxygen atoms in total. The zero-order chi connectivity index (χ0) is 25.4. The molecule has 35 heavy (non-hydrogen) atoms. The summed E-state index contributed by atoms with van der Waals surface area (Å²) in [6.45, 7) is 3.12. The molecule has 0 N–H and O–H groups in total. The molecule has 0 saturated heterocycles. The standard InChI is InChI=1S/C26H29BrN4O3S/c1-26(13-5-7-21(27)17-26)35(33,34)31-18-23(22-8-6-14-28-24(22)31)19-9-11-20(12-10-19)25(32)30(4)16-15-29(2)3/h5-12,14,17-18H,13,15-16H2,1-4H3. The zero-order valence-electron chi connectivity index (χ0n) is 20.3. The van der Waals surface area contributed by atoms with Crippen molar-refractivity contribution in [3.05, 3.63) is 77.1 Å². The number of pyridine rings is 1. The first kappa shape index (κ1) is 25.3. The first-order valence-corrected chi connectivity index (χ1v) is 13.5. The van der Waals surface area contributed by atoms with Crippen LogP contribution >= 0.6 is 15.9 Å². The number of fused-ring (bicyclic) bond motifs is 1. The van der Waals surface area contributed by atoms with E-state index in [0.717, 1.165) is 27.5 Å². The van der Waals surface area contributed by atoms with Crippen LogP contribution in [0.5, 0.6) is 0 Å². The third-order valence-electron chi connectivity index (χ3n) is 6.30. The van der Waals surface area contributed by atoms with Gasteiger partial charge in [0, 0.05) is 53.5 Å². The van der Waals surface area contributed by atoms with Gasteiger partial charge in [0.25, 0.3) is 5.91 Å². The molecule has 1 atom stereocenters. The van der Waals surface area contributed by atoms with Gasteiger partial charge in [-0.25, -0.2) is 17.4 Å². The van der Waals surface area contributed by atoms with Crippen molar-refractivity contribution in [2.24, 2.45) is 0 Å². The molecule has 0 saturated carbocycles. The highest BCUT2D eigenvalue weighted by atomic mass is 79.9. The molecule has 0 fully saturated rings. The number of allylic oxidation sites excluding steroid dienone is 3. The number of nitrogens with zero attached hydrogens (tertiary/aromatic N) is 4. The van der Waals surface area contributed by atoms with Crippen LogP contribution in [-0.4, -0.2) is 72.1 Å². The topological polar surface area (TPSA) is 75.5 Å². The number of likely N-dealkylation sites (N-methyl/N-ethyl adjacent to an activating group) is 2. The molecule has 1 unspecified atom stereocenters. The second-order valence-corrected chi connectivity index (χ2v) is 12.5. The lowest BCUT2D eigenvalue weighted by atomic mass is 10.0. The van der Waals surface area contributed by atoms with E-state index in [1.54, 1.807) is 55.5 Å². The van der Waals surface area contributed by atoms with E-state index in [4.69, 9.17) is 0 Å². The molecule has 1 aromatic carbocycles. The number of amides is 1. The number of halogens is 1. The van der Waals surface area contributed by atoms with E-state index in [-0.39, 0.29) is 5.91 Å². The molecule has 184 valence electrons. The van der Waals surface area contributed by atoms with Crippen molar-refractivity contribution in [2.45, 2.75) is 18.1 Å². The summed E-state index contributed by atoms with van der Waals surface area (Å²) in [7, 11) is 1.91. The minimum Gasteiger partial charge on any atom is -0.340 e. The highest BCUT2D eigenvalue weighted by Crippen LogP contribution is 2.37. The smallest absolute Gasteiger partial charge is 0.253 e. The molecule has 2 aromatic heterocycles. The highest BCUT2D eigenvalue weighted by Gasteiger charge is 2.40. The average molecular weight is 558 g/mol. The molecule has 0 spiro atoms. The van der Waals surface area contributed by atoms with Crippen molar-refractivity contribution < 1.29 is 13.2 Å². The van der Waals surface area contributed by atoms with Gasteiger partial charge < -0.3 is 9.80 Å². The van der Waals surface area contributed by atoms with E-state index in [1.807, 2.05) is 49.3 Å². The van der Waals surface area contributed by atoms with Crippen LogP contribution in [0.25, 0.3) is 22.2 Å². The molecule has 1 aliphatic rings. The van der Waals surface area contributed by atoms with Crippen molar-refractivity contribution in [2.75, 3.05) is 34.2 Å². The van der Waals surface area contributed by atoms with Crippen LogP contribution in [0, 0.1) is 0 Å². The van der Waals surface area contributed by atoms with Gasteiger partial charge in [0.2, 0.25) is 10.0 Å². The zero-order valence-corrected chi connectivity index (χ0v) is 22.7. The summed E-state index contributed by atoms with van der Waals surface area (Å²) in [4.78, 5) is 20.9. The van der Waals surface area contributed by atoms with E-state index in [2.05, 4.69) is 20.9 Å². The van der Waals surface area contributed by atoms with Gasteiger partial charge in [-0.15, -0.1) is 0 Å². The Morgan fingerprint density at radius 2 is 1.86 bits per heavy atom. The Morgan fingerprint density at radius 3 is 2.51 bits per heavy atom. The SMILES string of the molecule is CN(C)CCN(C)C(=O)c1ccc(-c2cn(S(=O)(=O)C3(C)C=C(Br)C=CC3)c3ncccc23)cc1. The van der Waals surface area contributed by atoms with E-state index in [1.165, 1.54) is 3.97 Å². The third-order valence-corrected chi connectivity index (χ3v) is 9.05. The van der Waals surface area contributed by atoms with Gasteiger partial charge in [-0.05, 0) is 63.3 Å². The molecule has 3 aromatic rings. The molecule has 1 amide bonds. The Morgan fingerprint density at radius 1 is 1.14 bits per heavy atom. The van der Waals surface area contributed by atoms with E-state index in [9.17, 15) is 13.2 Å². The summed E-state index contributed by atoms with van der Waals surface area (Å²) in [5.41, 5.74) is 2.52. The first-order chi connectivity index (χ1) is 16.5. The van der Waals surface area contributed by atoms with E-state index < -0.39 is 14.8 Å². The van der Waals surface area contributed by atoms with Gasteiger partial charge >= 0.3 is 0 Å². The van der Waals surface area contributed by atoms with Crippen LogP contribution in [-0.2, 0) is 10.0 Å². The molecule has 0 aliphatic heterocycles. The summed E-state index contributed by atoms with van der Waals surface area (Å²) in [6.07, 6.45) is 9.04. The van der Waals surface area contributed by atoms with Crippen molar-refractivity contribution >= 4 is 42.9 Å². The average Bonchev–Trinajstić information content (AvgIpc) is 3.22.